The zero-order valence-corrected chi connectivity index (χ0v) is 18.4. The van der Waals surface area contributed by atoms with E-state index in [4.69, 9.17) is 14.2 Å². The minimum absolute atomic E-state index is 0.0711. The molecule has 1 aliphatic heterocycles. The maximum Gasteiger partial charge on any atom is 0.192 e. The number of ether oxygens (including phenoxy) is 3. The lowest BCUT2D eigenvalue weighted by atomic mass is 9.84. The van der Waals surface area contributed by atoms with E-state index in [2.05, 4.69) is 0 Å². The molecule has 4 atom stereocenters. The molecule has 7 heteroatoms. The summed E-state index contributed by atoms with van der Waals surface area (Å²) in [6.45, 7) is 2.35. The minimum Gasteiger partial charge on any atom is -0.498 e. The molecule has 0 N–H and O–H groups in total. The number of benzene rings is 1. The first-order valence-corrected chi connectivity index (χ1v) is 10.8. The molecule has 1 aromatic rings. The van der Waals surface area contributed by atoms with Crippen LogP contribution in [-0.2, 0) is 14.2 Å². The first-order chi connectivity index (χ1) is 15.9. The minimum atomic E-state index is -1.89. The smallest absolute Gasteiger partial charge is 0.192 e. The third kappa shape index (κ3) is 4.70. The van der Waals surface area contributed by atoms with E-state index in [9.17, 15) is 8.78 Å². The maximum absolute atomic E-state index is 15.1. The van der Waals surface area contributed by atoms with Crippen LogP contribution in [-0.4, -0.2) is 51.3 Å². The molecule has 3 aliphatic rings. The highest BCUT2D eigenvalue weighted by atomic mass is 19.2. The highest BCUT2D eigenvalue weighted by Gasteiger charge is 2.37. The standard InChI is InChI=1S/C26H26F4O3/c1-3-4-22-32-13-17(14-33-22)20-10-9-18(23(27)24(20)28)15-5-7-16(8-6-15)19-11-12-21(31-2)26(30)25(19)29/h3-12,17,22-26H,13-14H2,1-2H3/b4-3+. The van der Waals surface area contributed by atoms with E-state index >= 15 is 8.78 Å². The van der Waals surface area contributed by atoms with Crippen molar-refractivity contribution in [2.75, 3.05) is 20.3 Å². The van der Waals surface area contributed by atoms with Crippen molar-refractivity contribution in [3.05, 3.63) is 83.2 Å². The van der Waals surface area contributed by atoms with Gasteiger partial charge in [0, 0.05) is 5.92 Å². The molecule has 0 spiro atoms. The van der Waals surface area contributed by atoms with Gasteiger partial charge in [-0.2, -0.15) is 0 Å². The van der Waals surface area contributed by atoms with Crippen LogP contribution in [0.2, 0.25) is 0 Å². The van der Waals surface area contributed by atoms with E-state index in [-0.39, 0.29) is 36.0 Å². The fourth-order valence-corrected chi connectivity index (χ4v) is 4.24. The third-order valence-corrected chi connectivity index (χ3v) is 6.11. The molecule has 176 valence electrons. The molecule has 0 aromatic heterocycles. The highest BCUT2D eigenvalue weighted by molar-refractivity contribution is 5.77. The summed E-state index contributed by atoms with van der Waals surface area (Å²) in [5, 5.41) is 0. The average molecular weight is 462 g/mol. The van der Waals surface area contributed by atoms with Crippen molar-refractivity contribution >= 4 is 11.1 Å². The van der Waals surface area contributed by atoms with Crippen LogP contribution in [0.15, 0.2) is 72.1 Å². The van der Waals surface area contributed by atoms with Crippen LogP contribution in [0, 0.1) is 5.92 Å². The van der Waals surface area contributed by atoms with E-state index in [1.807, 2.05) is 13.0 Å². The molecule has 4 rings (SSSR count). The summed E-state index contributed by atoms with van der Waals surface area (Å²) in [7, 11) is 1.29. The van der Waals surface area contributed by atoms with Crippen LogP contribution in [0.5, 0.6) is 0 Å². The van der Waals surface area contributed by atoms with Gasteiger partial charge in [-0.15, -0.1) is 0 Å². The molecule has 3 nitrogen and oxygen atoms in total. The second kappa shape index (κ2) is 10.1. The van der Waals surface area contributed by atoms with E-state index in [1.165, 1.54) is 19.3 Å². The van der Waals surface area contributed by atoms with Gasteiger partial charge in [0.05, 0.1) is 20.3 Å². The number of hydrogen-bond donors (Lipinski definition) is 0. The summed E-state index contributed by atoms with van der Waals surface area (Å²) in [6, 6.07) is 6.33. The normalized spacial score (nSPS) is 32.7. The van der Waals surface area contributed by atoms with Gasteiger partial charge >= 0.3 is 0 Å². The molecule has 2 aliphatic carbocycles. The zero-order chi connectivity index (χ0) is 23.5. The molecule has 1 fully saturated rings. The summed E-state index contributed by atoms with van der Waals surface area (Å²) < 4.78 is 74.7. The second-order valence-electron chi connectivity index (χ2n) is 8.13. The maximum atomic E-state index is 15.1. The zero-order valence-electron chi connectivity index (χ0n) is 18.4. The Balaban J connectivity index is 1.51. The van der Waals surface area contributed by atoms with Crippen molar-refractivity contribution in [1.82, 2.24) is 0 Å². The lowest BCUT2D eigenvalue weighted by molar-refractivity contribution is -0.169. The molecular weight excluding hydrogens is 436 g/mol. The van der Waals surface area contributed by atoms with Gasteiger partial charge in [0.25, 0.3) is 0 Å². The van der Waals surface area contributed by atoms with Gasteiger partial charge in [0.2, 0.25) is 0 Å². The molecule has 1 heterocycles. The summed E-state index contributed by atoms with van der Waals surface area (Å²) in [5.74, 6) is -0.434. The molecule has 33 heavy (non-hydrogen) atoms. The molecule has 1 saturated heterocycles. The third-order valence-electron chi connectivity index (χ3n) is 6.11. The van der Waals surface area contributed by atoms with E-state index in [1.54, 1.807) is 42.5 Å². The summed E-state index contributed by atoms with van der Waals surface area (Å²) >= 11 is 0. The number of halogens is 4. The summed E-state index contributed by atoms with van der Waals surface area (Å²) in [4.78, 5) is 0. The van der Waals surface area contributed by atoms with Crippen molar-refractivity contribution in [2.45, 2.75) is 37.9 Å². The Hall–Kier alpha value is -2.64. The number of rotatable bonds is 5. The number of hydrogen-bond acceptors (Lipinski definition) is 3. The molecular formula is C26H26F4O3. The van der Waals surface area contributed by atoms with Gasteiger partial charge in [-0.25, -0.2) is 17.6 Å². The topological polar surface area (TPSA) is 27.7 Å². The van der Waals surface area contributed by atoms with Crippen LogP contribution < -0.4 is 0 Å². The lowest BCUT2D eigenvalue weighted by Gasteiger charge is -2.33. The molecule has 4 unspecified atom stereocenters. The van der Waals surface area contributed by atoms with Crippen molar-refractivity contribution in [1.29, 1.82) is 0 Å². The average Bonchev–Trinajstić information content (AvgIpc) is 2.84. The summed E-state index contributed by atoms with van der Waals surface area (Å²) in [5.41, 5.74) is 1.62. The van der Waals surface area contributed by atoms with Gasteiger partial charge in [-0.3, -0.25) is 0 Å². The van der Waals surface area contributed by atoms with Gasteiger partial charge in [0.1, 0.15) is 5.76 Å². The second-order valence-corrected chi connectivity index (χ2v) is 8.13. The number of allylic oxidation sites excluding steroid dienone is 8. The number of alkyl halides is 4. The largest absolute Gasteiger partial charge is 0.498 e. The Morgan fingerprint density at radius 2 is 1.33 bits per heavy atom. The highest BCUT2D eigenvalue weighted by Crippen LogP contribution is 2.37. The Morgan fingerprint density at radius 3 is 1.88 bits per heavy atom. The van der Waals surface area contributed by atoms with Crippen molar-refractivity contribution in [3.8, 4) is 0 Å². The van der Waals surface area contributed by atoms with Crippen molar-refractivity contribution in [3.63, 3.8) is 0 Å². The van der Waals surface area contributed by atoms with Crippen molar-refractivity contribution < 1.29 is 31.8 Å². The van der Waals surface area contributed by atoms with Crippen molar-refractivity contribution in [2.24, 2.45) is 5.92 Å². The van der Waals surface area contributed by atoms with E-state index in [0.717, 1.165) is 0 Å². The molecule has 1 aromatic carbocycles. The van der Waals surface area contributed by atoms with Crippen LogP contribution in [0.25, 0.3) is 11.1 Å². The first kappa shape index (κ1) is 23.5. The molecule has 0 amide bonds. The predicted octanol–water partition coefficient (Wildman–Crippen LogP) is 5.85. The monoisotopic (exact) mass is 462 g/mol. The SMILES string of the molecule is C/C=C/C1OCC(C2=CC=C(c3ccc(C4=CC=C(OC)C(F)C4F)cc3)C(F)C2F)CO1. The first-order valence-electron chi connectivity index (χ1n) is 10.8. The molecule has 0 saturated carbocycles. The predicted molar refractivity (Wildman–Crippen MR) is 119 cm³/mol. The van der Waals surface area contributed by atoms with E-state index < -0.39 is 31.0 Å². The Labute approximate surface area is 190 Å². The van der Waals surface area contributed by atoms with Gasteiger partial charge in [-0.1, -0.05) is 48.6 Å². The molecule has 0 radical (unpaired) electrons. The fourth-order valence-electron chi connectivity index (χ4n) is 4.24. The van der Waals surface area contributed by atoms with E-state index in [0.29, 0.717) is 16.7 Å². The number of methoxy groups -OCH3 is 1. The Kier molecular flexibility index (Phi) is 7.20. The van der Waals surface area contributed by atoms with Gasteiger partial charge in [-0.05, 0) is 46.9 Å². The Bertz CT molecular complexity index is 1000. The lowest BCUT2D eigenvalue weighted by Crippen LogP contribution is -2.37. The van der Waals surface area contributed by atoms with Crippen LogP contribution in [0.4, 0.5) is 17.6 Å². The summed E-state index contributed by atoms with van der Waals surface area (Å²) in [6.07, 6.45) is 1.68. The van der Waals surface area contributed by atoms with Gasteiger partial charge in [0.15, 0.2) is 31.0 Å². The van der Waals surface area contributed by atoms with Crippen LogP contribution >= 0.6 is 0 Å². The van der Waals surface area contributed by atoms with Crippen LogP contribution in [0.1, 0.15) is 18.1 Å². The van der Waals surface area contributed by atoms with Gasteiger partial charge < -0.3 is 14.2 Å². The van der Waals surface area contributed by atoms with Crippen LogP contribution in [0.3, 0.4) is 0 Å². The Morgan fingerprint density at radius 1 is 0.788 bits per heavy atom. The quantitative estimate of drug-likeness (QED) is 0.406. The fraction of sp³-hybridized carbons (Fsp3) is 0.385. The molecule has 0 bridgehead atoms.